The Hall–Kier alpha value is -8.44. The molecule has 23 heteroatoms. The van der Waals surface area contributed by atoms with Crippen LogP contribution in [0.2, 0.25) is 0 Å². The monoisotopic (exact) mass is 1340 g/mol. The van der Waals surface area contributed by atoms with E-state index in [0.29, 0.717) is 89.9 Å². The van der Waals surface area contributed by atoms with Crippen LogP contribution < -0.4 is 46.9 Å². The number of ether oxygens (including phenoxy) is 4. The van der Waals surface area contributed by atoms with Crippen molar-refractivity contribution in [3.05, 3.63) is 129 Å². The summed E-state index contributed by atoms with van der Waals surface area (Å²) in [5.74, 6) is -0.965. The molecule has 10 N–H and O–H groups in total. The largest absolute Gasteiger partial charge is 0.507 e. The number of aryl methyl sites for hydroxylation is 2. The molecular formula is C73H104N10O12S. The quantitative estimate of drug-likeness (QED) is 0.0145. The van der Waals surface area contributed by atoms with Crippen LogP contribution in [0.3, 0.4) is 0 Å². The number of nitrogens with zero attached hydrogens (tertiary/aromatic N) is 3. The van der Waals surface area contributed by atoms with E-state index in [4.69, 9.17) is 30.4 Å². The number of sulfonamides is 1. The van der Waals surface area contributed by atoms with Crippen molar-refractivity contribution in [3.8, 4) is 17.2 Å². The van der Waals surface area contributed by atoms with Crippen molar-refractivity contribution in [1.29, 1.82) is 0 Å². The lowest BCUT2D eigenvalue weighted by atomic mass is 9.88. The highest BCUT2D eigenvalue weighted by Crippen LogP contribution is 2.42. The van der Waals surface area contributed by atoms with Gasteiger partial charge in [-0.05, 0) is 248 Å². The molecule has 5 aromatic carbocycles. The second-order valence-corrected chi connectivity index (χ2v) is 30.3. The molecular weight excluding hydrogens is 1240 g/mol. The Bertz CT molecular complexity index is 3720. The molecule has 0 spiro atoms. The first-order valence-corrected chi connectivity index (χ1v) is 34.6. The van der Waals surface area contributed by atoms with Gasteiger partial charge in [0.05, 0.1) is 17.0 Å². The van der Waals surface area contributed by atoms with Gasteiger partial charge in [0.1, 0.15) is 51.7 Å². The molecule has 0 aliphatic carbocycles. The number of benzene rings is 5. The summed E-state index contributed by atoms with van der Waals surface area (Å²) in [4.78, 5) is 81.3. The van der Waals surface area contributed by atoms with Gasteiger partial charge in [-0.25, -0.2) is 22.7 Å². The fourth-order valence-electron chi connectivity index (χ4n) is 11.7. The Morgan fingerprint density at radius 3 is 1.88 bits per heavy atom. The van der Waals surface area contributed by atoms with Crippen molar-refractivity contribution < 1.29 is 56.4 Å². The second-order valence-electron chi connectivity index (χ2n) is 28.6. The third-order valence-corrected chi connectivity index (χ3v) is 18.0. The summed E-state index contributed by atoms with van der Waals surface area (Å²) in [6.07, 6.45) is 2.58. The maximum atomic E-state index is 16.1. The molecule has 6 rings (SSSR count). The lowest BCUT2D eigenvalue weighted by molar-refractivity contribution is -0.145. The number of hydrogen-bond acceptors (Lipinski definition) is 15. The van der Waals surface area contributed by atoms with Crippen molar-refractivity contribution in [1.82, 2.24) is 30.9 Å². The third kappa shape index (κ3) is 22.6. The van der Waals surface area contributed by atoms with Crippen LogP contribution in [0.1, 0.15) is 184 Å². The summed E-state index contributed by atoms with van der Waals surface area (Å²) in [6, 6.07) is 20.2. The van der Waals surface area contributed by atoms with Gasteiger partial charge < -0.3 is 51.1 Å². The lowest BCUT2D eigenvalue weighted by Gasteiger charge is -2.38. The van der Waals surface area contributed by atoms with Crippen LogP contribution in [0.25, 0.3) is 10.8 Å². The molecule has 0 fully saturated rings. The summed E-state index contributed by atoms with van der Waals surface area (Å²) >= 11 is 0. The molecule has 1 aliphatic rings. The van der Waals surface area contributed by atoms with Crippen LogP contribution in [0.15, 0.2) is 93.7 Å². The van der Waals surface area contributed by atoms with Crippen molar-refractivity contribution >= 4 is 62.6 Å². The van der Waals surface area contributed by atoms with Gasteiger partial charge >= 0.3 is 12.2 Å². The van der Waals surface area contributed by atoms with Gasteiger partial charge in [0.2, 0.25) is 29.6 Å². The zero-order chi connectivity index (χ0) is 71.3. The van der Waals surface area contributed by atoms with Crippen molar-refractivity contribution in [2.45, 2.75) is 233 Å². The number of fused-ring (bicyclic) bond motifs is 2. The summed E-state index contributed by atoms with van der Waals surface area (Å²) in [5.41, 5.74) is 16.3. The minimum Gasteiger partial charge on any atom is -0.507 e. The van der Waals surface area contributed by atoms with Gasteiger partial charge in [-0.15, -0.1) is 0 Å². The number of carbonyl (C=O) groups excluding carboxylic acids is 5. The fraction of sp³-hybridized carbons (Fsp3) is 0.521. The molecule has 524 valence electrons. The summed E-state index contributed by atoms with van der Waals surface area (Å²) in [5, 5.41) is 24.3. The standard InChI is InChI=1S/C73H104N10O12S/c1-44-39-51(40-45(2)60(44)84)42-57(76-36-22-18-19-23-37-78-67(80-68(88)94-71(10,11)12)81-69(89)95-72(13,14)15)64(86)79-58(41-50-28-32-55(33-29-50)92-70(7,8)9)65(87)83(49(6)53-31-30-52-25-20-21-26-54(52)43-53)59(63(74)85)27-24-38-77-66(75)82-96(90,91)62-47(4)46(3)61-56(48(62)5)34-35-73(16,17)93-61/h20-21,25-26,28-33,39-40,43,49,57-59,76,84H,18-19,22-24,27,34-38,41-42H2,1-17H3,(H2,74,85)(H,79,86)(H3,75,77,82)(H2,78,80,81,88,89)/t49-,57+,58+,59+/m1/s1. The highest BCUT2D eigenvalue weighted by Gasteiger charge is 2.39. The highest BCUT2D eigenvalue weighted by atomic mass is 32.2. The number of primary amides is 1. The predicted molar refractivity (Wildman–Crippen MR) is 377 cm³/mol. The van der Waals surface area contributed by atoms with E-state index in [-0.39, 0.29) is 61.3 Å². The number of nitrogens with two attached hydrogens (primary N) is 2. The first-order chi connectivity index (χ1) is 44.7. The van der Waals surface area contributed by atoms with E-state index in [2.05, 4.69) is 36.0 Å². The Morgan fingerprint density at radius 1 is 0.698 bits per heavy atom. The zero-order valence-electron chi connectivity index (χ0n) is 59.3. The van der Waals surface area contributed by atoms with E-state index in [9.17, 15) is 27.9 Å². The van der Waals surface area contributed by atoms with Gasteiger partial charge in [-0.2, -0.15) is 0 Å². The van der Waals surface area contributed by atoms with E-state index in [0.717, 1.165) is 27.5 Å². The van der Waals surface area contributed by atoms with Crippen LogP contribution in [0, 0.1) is 34.6 Å². The Morgan fingerprint density at radius 2 is 1.28 bits per heavy atom. The number of aromatic hydroxyl groups is 1. The van der Waals surface area contributed by atoms with Gasteiger partial charge in [-0.1, -0.05) is 73.5 Å². The highest BCUT2D eigenvalue weighted by molar-refractivity contribution is 7.90. The number of guanidine groups is 2. The Kier molecular flexibility index (Phi) is 26.0. The van der Waals surface area contributed by atoms with Crippen LogP contribution in [-0.2, 0) is 53.1 Å². The number of phenolic OH excluding ortho intramolecular Hbond substituents is 1. The summed E-state index contributed by atoms with van der Waals surface area (Å²) in [7, 11) is -4.24. The summed E-state index contributed by atoms with van der Waals surface area (Å²) < 4.78 is 54.1. The van der Waals surface area contributed by atoms with E-state index < -0.39 is 86.5 Å². The number of hydrogen-bond donors (Lipinski definition) is 8. The third-order valence-electron chi connectivity index (χ3n) is 16.4. The van der Waals surface area contributed by atoms with E-state index >= 15 is 9.59 Å². The number of nitrogens with one attached hydrogen (secondary N) is 5. The first kappa shape index (κ1) is 76.6. The molecule has 0 aromatic heterocycles. The summed E-state index contributed by atoms with van der Waals surface area (Å²) in [6.45, 7) is 31.4. The van der Waals surface area contributed by atoms with Gasteiger partial charge in [0.25, 0.3) is 10.0 Å². The number of unbranched alkanes of at least 4 members (excludes halogenated alkanes) is 3. The number of alkyl carbamates (subject to hydrolysis) is 2. The molecule has 22 nitrogen and oxygen atoms in total. The predicted octanol–water partition coefficient (Wildman–Crippen LogP) is 11.1. The maximum absolute atomic E-state index is 16.1. The van der Waals surface area contributed by atoms with Crippen LogP contribution in [0.5, 0.6) is 17.2 Å². The number of aliphatic imine (C=N–C) groups is 2. The van der Waals surface area contributed by atoms with Crippen molar-refractivity contribution in [2.24, 2.45) is 21.5 Å². The molecule has 5 aromatic rings. The van der Waals surface area contributed by atoms with Crippen LogP contribution >= 0.6 is 0 Å². The number of carbonyl (C=O) groups is 5. The fourth-order valence-corrected chi connectivity index (χ4v) is 13.2. The topological polar surface area (TPSA) is 317 Å². The molecule has 0 saturated carbocycles. The molecule has 1 heterocycles. The molecule has 0 unspecified atom stereocenters. The molecule has 96 heavy (non-hydrogen) atoms. The smallest absolute Gasteiger partial charge is 0.414 e. The van der Waals surface area contributed by atoms with Gasteiger partial charge in [-0.3, -0.25) is 35.0 Å². The minimum atomic E-state index is -4.24. The second kappa shape index (κ2) is 32.5. The molecule has 0 bridgehead atoms. The van der Waals surface area contributed by atoms with Gasteiger partial charge in [0, 0.05) is 19.5 Å². The molecule has 5 amide bonds. The van der Waals surface area contributed by atoms with Crippen molar-refractivity contribution in [3.63, 3.8) is 0 Å². The van der Waals surface area contributed by atoms with E-state index in [1.165, 1.54) is 4.90 Å². The Balaban J connectivity index is 1.29. The SMILES string of the molecule is Cc1cc(C[C@H](NCCCCCCN=C(NC(=O)OC(C)(C)C)NC(=O)OC(C)(C)C)C(=O)N[C@@H](Cc2ccc(OC(C)(C)C)cc2)C(=O)N([C@H](C)c2ccc3ccccc3c2)[C@@H](CCCN=C(N)NS(=O)(=O)c2c(C)c(C)c3c(c2C)CCC(C)(C)O3)C(N)=O)cc(C)c1O. The van der Waals surface area contributed by atoms with Crippen LogP contribution in [-0.4, -0.2) is 120 Å². The number of amides is 5. The van der Waals surface area contributed by atoms with Gasteiger partial charge in [0.15, 0.2) is 0 Å². The lowest BCUT2D eigenvalue weighted by Crippen LogP contribution is -2.58. The number of rotatable bonds is 26. The minimum absolute atomic E-state index is 0.0175. The normalized spacial score (nSPS) is 14.6. The zero-order valence-corrected chi connectivity index (χ0v) is 60.2. The molecule has 1 aliphatic heterocycles. The first-order valence-electron chi connectivity index (χ1n) is 33.1. The van der Waals surface area contributed by atoms with E-state index in [1.54, 1.807) is 81.4 Å². The maximum Gasteiger partial charge on any atom is 0.414 e. The van der Waals surface area contributed by atoms with Crippen LogP contribution in [0.4, 0.5) is 9.59 Å². The van der Waals surface area contributed by atoms with Crippen molar-refractivity contribution in [2.75, 3.05) is 19.6 Å². The molecule has 4 atom stereocenters. The average Bonchev–Trinajstić information content (AvgIpc) is 0.749. The molecule has 0 radical (unpaired) electrons. The Labute approximate surface area is 567 Å². The number of phenols is 1. The average molecular weight is 1350 g/mol. The molecule has 0 saturated heterocycles. The van der Waals surface area contributed by atoms with E-state index in [1.807, 2.05) is 115 Å².